The largest absolute Gasteiger partial charge is 0.488 e. The van der Waals surface area contributed by atoms with E-state index in [1.165, 1.54) is 0 Å². The number of halogens is 3. The van der Waals surface area contributed by atoms with E-state index in [0.717, 1.165) is 54.3 Å². The Kier molecular flexibility index (Phi) is 6.49. The van der Waals surface area contributed by atoms with E-state index in [1.54, 1.807) is 30.3 Å². The number of hydrogen-bond acceptors (Lipinski definition) is 4. The summed E-state index contributed by atoms with van der Waals surface area (Å²) < 4.78 is 38.1. The molecule has 35 heavy (non-hydrogen) atoms. The summed E-state index contributed by atoms with van der Waals surface area (Å²) in [5, 5.41) is 3.92. The van der Waals surface area contributed by atoms with E-state index >= 15 is 0 Å². The van der Waals surface area contributed by atoms with Gasteiger partial charge in [-0.1, -0.05) is 17.7 Å². The number of alkyl halides is 2. The van der Waals surface area contributed by atoms with Gasteiger partial charge < -0.3 is 19.8 Å². The number of ether oxygens (including phenoxy) is 2. The number of anilines is 2. The van der Waals surface area contributed by atoms with Crippen LogP contribution in [0.3, 0.4) is 0 Å². The number of carbonyl (C=O) groups excluding carboxylic acids is 1. The Balaban J connectivity index is 1.46. The minimum atomic E-state index is -2.55. The maximum atomic E-state index is 12.6. The van der Waals surface area contributed by atoms with E-state index in [4.69, 9.17) is 26.8 Å². The van der Waals surface area contributed by atoms with Crippen molar-refractivity contribution in [2.45, 2.75) is 57.6 Å². The lowest BCUT2D eigenvalue weighted by Gasteiger charge is -2.30. The number of hydrogen-bond donors (Lipinski definition) is 2. The van der Waals surface area contributed by atoms with Gasteiger partial charge in [0.05, 0.1) is 27.6 Å². The number of nitrogen functional groups attached to an aromatic ring is 1. The van der Waals surface area contributed by atoms with Gasteiger partial charge in [-0.25, -0.2) is 13.6 Å². The van der Waals surface area contributed by atoms with Crippen LogP contribution in [0.5, 0.6) is 5.75 Å². The molecule has 5 rings (SSSR count). The summed E-state index contributed by atoms with van der Waals surface area (Å²) in [4.78, 5) is 12.3. The lowest BCUT2D eigenvalue weighted by molar-refractivity contribution is 0.0819. The normalized spacial score (nSPS) is 16.8. The van der Waals surface area contributed by atoms with Crippen LogP contribution in [0, 0.1) is 5.92 Å². The van der Waals surface area contributed by atoms with E-state index in [2.05, 4.69) is 9.88 Å². The van der Waals surface area contributed by atoms with Crippen molar-refractivity contribution in [2.75, 3.05) is 17.7 Å². The van der Waals surface area contributed by atoms with Crippen molar-refractivity contribution in [1.29, 1.82) is 0 Å². The van der Waals surface area contributed by atoms with Crippen molar-refractivity contribution >= 4 is 40.0 Å². The van der Waals surface area contributed by atoms with Gasteiger partial charge in [-0.2, -0.15) is 0 Å². The SMILES string of the molecule is CC(OC(=O)Nc1ccc(-c2c(N)c3ccc(OCC(F)F)cc3n2C2CCC2)cc1Cl)C1CC1. The molecule has 1 aromatic heterocycles. The summed E-state index contributed by atoms with van der Waals surface area (Å²) in [6, 6.07) is 10.8. The van der Waals surface area contributed by atoms with Crippen molar-refractivity contribution in [1.82, 2.24) is 4.57 Å². The highest BCUT2D eigenvalue weighted by molar-refractivity contribution is 6.34. The van der Waals surface area contributed by atoms with Crippen LogP contribution in [0.2, 0.25) is 5.02 Å². The van der Waals surface area contributed by atoms with Crippen molar-refractivity contribution in [2.24, 2.45) is 5.92 Å². The average molecular weight is 504 g/mol. The molecule has 2 aliphatic carbocycles. The van der Waals surface area contributed by atoms with Crippen LogP contribution in [0.15, 0.2) is 36.4 Å². The zero-order valence-electron chi connectivity index (χ0n) is 19.4. The van der Waals surface area contributed by atoms with Crippen molar-refractivity contribution in [3.05, 3.63) is 41.4 Å². The van der Waals surface area contributed by atoms with Gasteiger partial charge in [-0.05, 0) is 69.2 Å². The van der Waals surface area contributed by atoms with Crippen molar-refractivity contribution in [3.8, 4) is 17.0 Å². The third-order valence-corrected chi connectivity index (χ3v) is 7.20. The summed E-state index contributed by atoms with van der Waals surface area (Å²) in [5.74, 6) is 0.815. The number of rotatable bonds is 8. The van der Waals surface area contributed by atoms with Gasteiger partial charge in [0, 0.05) is 23.1 Å². The van der Waals surface area contributed by atoms with Gasteiger partial charge in [0.15, 0.2) is 0 Å². The standard InChI is InChI=1S/C26H28ClF2N3O3/c1-14(15-5-6-15)35-26(33)31-21-10-7-16(11-20(21)27)25-24(30)19-9-8-18(34-13-23(28)29)12-22(19)32(25)17-3-2-4-17/h7-12,14-15,17,23H,2-6,13,30H2,1H3,(H,31,33). The zero-order chi connectivity index (χ0) is 24.7. The number of fused-ring (bicyclic) bond motifs is 1. The maximum absolute atomic E-state index is 12.6. The predicted molar refractivity (Wildman–Crippen MR) is 133 cm³/mol. The highest BCUT2D eigenvalue weighted by atomic mass is 35.5. The van der Waals surface area contributed by atoms with Crippen LogP contribution in [-0.4, -0.2) is 29.8 Å². The average Bonchev–Trinajstić information content (AvgIpc) is 3.59. The fraction of sp³-hybridized carbons (Fsp3) is 0.423. The van der Waals surface area contributed by atoms with Crippen molar-refractivity contribution < 1.29 is 23.0 Å². The Hall–Kier alpha value is -3.00. The molecule has 1 atom stereocenters. The number of amides is 1. The summed E-state index contributed by atoms with van der Waals surface area (Å²) in [6.07, 6.45) is 2.07. The molecule has 2 saturated carbocycles. The first-order chi connectivity index (χ1) is 16.8. The number of aromatic nitrogens is 1. The third kappa shape index (κ3) is 4.89. The number of nitrogens with two attached hydrogens (primary N) is 1. The molecule has 3 N–H and O–H groups in total. The molecule has 0 radical (unpaired) electrons. The lowest BCUT2D eigenvalue weighted by Crippen LogP contribution is -2.21. The molecule has 2 aromatic carbocycles. The highest BCUT2D eigenvalue weighted by Gasteiger charge is 2.31. The summed E-state index contributed by atoms with van der Waals surface area (Å²) >= 11 is 6.55. The third-order valence-electron chi connectivity index (χ3n) is 6.89. The summed E-state index contributed by atoms with van der Waals surface area (Å²) in [6.45, 7) is 1.23. The fourth-order valence-corrected chi connectivity index (χ4v) is 4.85. The van der Waals surface area contributed by atoms with Crippen LogP contribution in [0.4, 0.5) is 25.0 Å². The van der Waals surface area contributed by atoms with Crippen molar-refractivity contribution in [3.63, 3.8) is 0 Å². The van der Waals surface area contributed by atoms with Gasteiger partial charge in [-0.15, -0.1) is 0 Å². The highest BCUT2D eigenvalue weighted by Crippen LogP contribution is 2.45. The summed E-state index contributed by atoms with van der Waals surface area (Å²) in [7, 11) is 0. The topological polar surface area (TPSA) is 78.5 Å². The fourth-order valence-electron chi connectivity index (χ4n) is 4.62. The molecule has 0 saturated heterocycles. The Bertz CT molecular complexity index is 1250. The number of carbonyl (C=O) groups is 1. The van der Waals surface area contributed by atoms with E-state index in [-0.39, 0.29) is 12.1 Å². The van der Waals surface area contributed by atoms with E-state index in [0.29, 0.717) is 28.1 Å². The molecule has 2 aliphatic rings. The molecule has 1 unspecified atom stereocenters. The number of nitrogens with zero attached hydrogens (tertiary/aromatic N) is 1. The van der Waals surface area contributed by atoms with Crippen LogP contribution in [-0.2, 0) is 4.74 Å². The second-order valence-electron chi connectivity index (χ2n) is 9.37. The van der Waals surface area contributed by atoms with Gasteiger partial charge >= 0.3 is 6.09 Å². The Labute approximate surface area is 207 Å². The zero-order valence-corrected chi connectivity index (χ0v) is 20.2. The van der Waals surface area contributed by atoms with Gasteiger partial charge in [0.2, 0.25) is 0 Å². The molecule has 0 spiro atoms. The molecule has 1 heterocycles. The molecule has 1 amide bonds. The van der Waals surface area contributed by atoms with Gasteiger partial charge in [-0.3, -0.25) is 5.32 Å². The Morgan fingerprint density at radius 1 is 1.20 bits per heavy atom. The molecule has 186 valence electrons. The van der Waals surface area contributed by atoms with E-state index in [9.17, 15) is 13.6 Å². The van der Waals surface area contributed by atoms with Crippen LogP contribution in [0.25, 0.3) is 22.2 Å². The first-order valence-corrected chi connectivity index (χ1v) is 12.3. The first-order valence-electron chi connectivity index (χ1n) is 11.9. The second kappa shape index (κ2) is 9.57. The molecule has 0 bridgehead atoms. The van der Waals surface area contributed by atoms with E-state index in [1.807, 2.05) is 13.0 Å². The minimum Gasteiger partial charge on any atom is -0.488 e. The minimum absolute atomic E-state index is 0.124. The van der Waals surface area contributed by atoms with Gasteiger partial charge in [0.1, 0.15) is 18.5 Å². The monoisotopic (exact) mass is 503 g/mol. The first kappa shape index (κ1) is 23.7. The van der Waals surface area contributed by atoms with E-state index < -0.39 is 19.1 Å². The molecule has 0 aliphatic heterocycles. The summed E-state index contributed by atoms with van der Waals surface area (Å²) in [5.41, 5.74) is 10.1. The number of nitrogens with one attached hydrogen (secondary N) is 1. The second-order valence-corrected chi connectivity index (χ2v) is 9.77. The lowest BCUT2D eigenvalue weighted by atomic mass is 9.92. The van der Waals surface area contributed by atoms with Crippen LogP contribution < -0.4 is 15.8 Å². The Morgan fingerprint density at radius 3 is 2.60 bits per heavy atom. The smallest absolute Gasteiger partial charge is 0.411 e. The molecule has 2 fully saturated rings. The molecule has 3 aromatic rings. The predicted octanol–water partition coefficient (Wildman–Crippen LogP) is 7.26. The van der Waals surface area contributed by atoms with Crippen LogP contribution in [0.1, 0.15) is 45.1 Å². The molecule has 6 nitrogen and oxygen atoms in total. The molecule has 9 heteroatoms. The maximum Gasteiger partial charge on any atom is 0.411 e. The number of benzene rings is 2. The molecular weight excluding hydrogens is 476 g/mol. The quantitative estimate of drug-likeness (QED) is 0.339. The van der Waals surface area contributed by atoms with Crippen LogP contribution >= 0.6 is 11.6 Å². The molecular formula is C26H28ClF2N3O3. The van der Waals surface area contributed by atoms with Gasteiger partial charge in [0.25, 0.3) is 6.43 Å². The Morgan fingerprint density at radius 2 is 1.97 bits per heavy atom.